The summed E-state index contributed by atoms with van der Waals surface area (Å²) >= 11 is 0. The molecule has 3 atom stereocenters. The van der Waals surface area contributed by atoms with Crippen LogP contribution in [-0.2, 0) is 19.0 Å². The van der Waals surface area contributed by atoms with Gasteiger partial charge in [0.1, 0.15) is 18.3 Å². The lowest BCUT2D eigenvalue weighted by atomic mass is 10.1. The summed E-state index contributed by atoms with van der Waals surface area (Å²) in [6, 6.07) is 0. The van der Waals surface area contributed by atoms with Crippen LogP contribution in [0.1, 0.15) is 59.3 Å². The molecule has 0 unspecified atom stereocenters. The summed E-state index contributed by atoms with van der Waals surface area (Å²) in [5.74, 6) is 0. The minimum Gasteiger partial charge on any atom is -0.372 e. The van der Waals surface area contributed by atoms with Crippen LogP contribution < -0.4 is 0 Å². The van der Waals surface area contributed by atoms with Gasteiger partial charge in [0, 0.05) is 19.8 Å². The Balaban J connectivity index is 4.70. The maximum Gasteiger partial charge on any atom is 0.151 e. The van der Waals surface area contributed by atoms with Crippen LogP contribution in [-0.4, -0.2) is 44.4 Å². The van der Waals surface area contributed by atoms with E-state index < -0.39 is 12.2 Å². The molecule has 4 heteroatoms. The zero-order valence-electron chi connectivity index (χ0n) is 14.6. The predicted octanol–water partition coefficient (Wildman–Crippen LogP) is 3.93. The number of unbranched alkanes of at least 4 members (excludes halogenated alkanes) is 3. The summed E-state index contributed by atoms with van der Waals surface area (Å²) < 4.78 is 17.4. The molecule has 0 bridgehead atoms. The second-order valence-electron chi connectivity index (χ2n) is 5.44. The summed E-state index contributed by atoms with van der Waals surface area (Å²) in [6.07, 6.45) is 7.21. The highest BCUT2D eigenvalue weighted by atomic mass is 16.6. The first-order valence-corrected chi connectivity index (χ1v) is 8.67. The van der Waals surface area contributed by atoms with Crippen molar-refractivity contribution in [1.82, 2.24) is 0 Å². The Morgan fingerprint density at radius 2 is 1.27 bits per heavy atom. The first-order valence-electron chi connectivity index (χ1n) is 8.67. The highest BCUT2D eigenvalue weighted by Gasteiger charge is 2.30. The molecule has 0 aromatic heterocycles. The van der Waals surface area contributed by atoms with Crippen molar-refractivity contribution in [2.45, 2.75) is 77.6 Å². The van der Waals surface area contributed by atoms with Gasteiger partial charge in [-0.3, -0.25) is 0 Å². The Morgan fingerprint density at radius 3 is 1.68 bits per heavy atom. The average molecular weight is 314 g/mol. The Labute approximate surface area is 136 Å². The van der Waals surface area contributed by atoms with E-state index in [0.717, 1.165) is 44.8 Å². The van der Waals surface area contributed by atoms with Crippen molar-refractivity contribution < 1.29 is 19.0 Å². The maximum absolute atomic E-state index is 11.4. The molecule has 0 rings (SSSR count). The van der Waals surface area contributed by atoms with Gasteiger partial charge in [0.25, 0.3) is 0 Å². The molecule has 0 aromatic carbocycles. The summed E-state index contributed by atoms with van der Waals surface area (Å²) in [5, 5.41) is 0. The zero-order valence-corrected chi connectivity index (χ0v) is 14.6. The van der Waals surface area contributed by atoms with Crippen LogP contribution in [0, 0.1) is 0 Å². The van der Waals surface area contributed by atoms with Crippen molar-refractivity contribution in [3.05, 3.63) is 12.7 Å². The van der Waals surface area contributed by atoms with E-state index in [0.29, 0.717) is 19.8 Å². The minimum absolute atomic E-state index is 0.319. The molecule has 0 aliphatic rings. The van der Waals surface area contributed by atoms with E-state index in [2.05, 4.69) is 27.4 Å². The molecule has 0 N–H and O–H groups in total. The van der Waals surface area contributed by atoms with Gasteiger partial charge in [-0.15, -0.1) is 6.58 Å². The smallest absolute Gasteiger partial charge is 0.151 e. The zero-order chi connectivity index (χ0) is 16.6. The summed E-state index contributed by atoms with van der Waals surface area (Å²) in [7, 11) is 0. The molecule has 0 aliphatic carbocycles. The monoisotopic (exact) mass is 314 g/mol. The lowest BCUT2D eigenvalue weighted by molar-refractivity contribution is -0.145. The van der Waals surface area contributed by atoms with Crippen molar-refractivity contribution >= 4 is 6.29 Å². The summed E-state index contributed by atoms with van der Waals surface area (Å²) in [6.45, 7) is 11.9. The minimum atomic E-state index is -0.604. The molecule has 0 aliphatic heterocycles. The van der Waals surface area contributed by atoms with E-state index in [9.17, 15) is 4.79 Å². The molecule has 0 spiro atoms. The van der Waals surface area contributed by atoms with E-state index in [1.807, 2.05) is 0 Å². The molecule has 0 amide bonds. The second-order valence-corrected chi connectivity index (χ2v) is 5.44. The van der Waals surface area contributed by atoms with Gasteiger partial charge in [0.2, 0.25) is 0 Å². The lowest BCUT2D eigenvalue weighted by Crippen LogP contribution is -2.43. The van der Waals surface area contributed by atoms with E-state index in [1.165, 1.54) is 0 Å². The van der Waals surface area contributed by atoms with Crippen molar-refractivity contribution in [1.29, 1.82) is 0 Å². The Morgan fingerprint density at radius 1 is 0.818 bits per heavy atom. The van der Waals surface area contributed by atoms with Gasteiger partial charge in [-0.05, 0) is 19.3 Å². The normalized spacial score (nSPS) is 15.2. The SMILES string of the molecule is C=C[C@H](OCCCC)[C@H](OCCCC)[C@H](C=O)OCCCC. The molecule has 22 heavy (non-hydrogen) atoms. The van der Waals surface area contributed by atoms with E-state index >= 15 is 0 Å². The molecule has 0 saturated heterocycles. The standard InChI is InChI=1S/C18H34O4/c1-5-9-12-20-16(8-4)18(22-14-11-7-3)17(15-19)21-13-10-6-2/h8,15-18H,4-7,9-14H2,1-3H3/t16-,17-,18-/m0/s1. The van der Waals surface area contributed by atoms with Crippen LogP contribution in [0.25, 0.3) is 0 Å². The largest absolute Gasteiger partial charge is 0.372 e. The number of hydrogen-bond acceptors (Lipinski definition) is 4. The van der Waals surface area contributed by atoms with Crippen molar-refractivity contribution in [3.8, 4) is 0 Å². The van der Waals surface area contributed by atoms with E-state index in [1.54, 1.807) is 6.08 Å². The fourth-order valence-corrected chi connectivity index (χ4v) is 1.98. The molecule has 0 radical (unpaired) electrons. The predicted molar refractivity (Wildman–Crippen MR) is 90.2 cm³/mol. The lowest BCUT2D eigenvalue weighted by Gasteiger charge is -2.29. The number of rotatable bonds is 16. The van der Waals surface area contributed by atoms with Crippen LogP contribution >= 0.6 is 0 Å². The molecular weight excluding hydrogens is 280 g/mol. The Bertz CT molecular complexity index is 246. The van der Waals surface area contributed by atoms with Gasteiger partial charge < -0.3 is 19.0 Å². The Kier molecular flexibility index (Phi) is 14.7. The number of aldehydes is 1. The van der Waals surface area contributed by atoms with E-state index in [-0.39, 0.29) is 6.10 Å². The second kappa shape index (κ2) is 15.2. The molecule has 0 heterocycles. The van der Waals surface area contributed by atoms with Crippen LogP contribution in [0.15, 0.2) is 12.7 Å². The van der Waals surface area contributed by atoms with Gasteiger partial charge in [-0.2, -0.15) is 0 Å². The van der Waals surface area contributed by atoms with E-state index in [4.69, 9.17) is 14.2 Å². The van der Waals surface area contributed by atoms with Gasteiger partial charge >= 0.3 is 0 Å². The van der Waals surface area contributed by atoms with Gasteiger partial charge in [0.15, 0.2) is 6.29 Å². The molecule has 0 fully saturated rings. The van der Waals surface area contributed by atoms with Crippen molar-refractivity contribution in [2.24, 2.45) is 0 Å². The van der Waals surface area contributed by atoms with Crippen LogP contribution in [0.3, 0.4) is 0 Å². The van der Waals surface area contributed by atoms with Gasteiger partial charge in [-0.1, -0.05) is 46.1 Å². The average Bonchev–Trinajstić information content (AvgIpc) is 2.54. The fraction of sp³-hybridized carbons (Fsp3) is 0.833. The third-order valence-corrected chi connectivity index (χ3v) is 3.44. The molecule has 0 aromatic rings. The third-order valence-electron chi connectivity index (χ3n) is 3.44. The van der Waals surface area contributed by atoms with Crippen LogP contribution in [0.2, 0.25) is 0 Å². The van der Waals surface area contributed by atoms with Crippen LogP contribution in [0.5, 0.6) is 0 Å². The molecule has 130 valence electrons. The summed E-state index contributed by atoms with van der Waals surface area (Å²) in [4.78, 5) is 11.4. The van der Waals surface area contributed by atoms with Crippen molar-refractivity contribution in [2.75, 3.05) is 19.8 Å². The Hall–Kier alpha value is -0.710. The molecule has 0 saturated carbocycles. The third kappa shape index (κ3) is 9.34. The number of carbonyl (C=O) groups excluding carboxylic acids is 1. The van der Waals surface area contributed by atoms with Gasteiger partial charge in [-0.25, -0.2) is 0 Å². The summed E-state index contributed by atoms with van der Waals surface area (Å²) in [5.41, 5.74) is 0. The molecule has 4 nitrogen and oxygen atoms in total. The number of carbonyl (C=O) groups is 1. The fourth-order valence-electron chi connectivity index (χ4n) is 1.98. The first-order chi connectivity index (χ1) is 10.7. The quantitative estimate of drug-likeness (QED) is 0.246. The molecular formula is C18H34O4. The first kappa shape index (κ1) is 21.3. The highest BCUT2D eigenvalue weighted by molar-refractivity contribution is 5.57. The van der Waals surface area contributed by atoms with Gasteiger partial charge in [0.05, 0.1) is 0 Å². The highest BCUT2D eigenvalue weighted by Crippen LogP contribution is 2.14. The number of ether oxygens (including phenoxy) is 3. The maximum atomic E-state index is 11.4. The topological polar surface area (TPSA) is 44.8 Å². The van der Waals surface area contributed by atoms with Crippen LogP contribution in [0.4, 0.5) is 0 Å². The number of hydrogen-bond donors (Lipinski definition) is 0. The van der Waals surface area contributed by atoms with Crippen molar-refractivity contribution in [3.63, 3.8) is 0 Å².